The standard InChI is InChI=1S/C37H31F2N3O4.C27H19ClF2N2O3.C16H24BNO3/c38-27-6-1-24(2-7-27)20-35(43)37(12-13-37)36(44)21-25-3-10-34(30(39)19-25)46-33-11-14-40-32-22-31(41-23-29(32)33)26-4-8-28(9-5-26)42-15-17-45-18-16-42;28-26-14-21-19(15-32-26)22(7-10-31-21)35-23-6-3-17(11-20(23)30)13-25(34)27(8-9-27)24(33)12-16-1-4-18(29)5-2-16;1-15(2)16(3,4)21-17(20-15)13-5-7-14(8-6-13)18-9-11-19-12-10-18/h1-11,14,19,22-23H,12-13,15-18,20-21H2;1-7,10-11,14-15H,8-9,12-13H2;5-8H,9-12H2,1-4H3. The molecule has 5 aliphatic rings. The molecule has 3 aliphatic heterocycles. The molecule has 10 aromatic rings. The van der Waals surface area contributed by atoms with Gasteiger partial charge in [-0.2, -0.15) is 0 Å². The first-order valence-corrected chi connectivity index (χ1v) is 34.4. The molecule has 0 radical (unpaired) electrons. The number of morpholine rings is 2. The summed E-state index contributed by atoms with van der Waals surface area (Å²) in [5.74, 6) is -2.11. The molecule has 3 saturated heterocycles. The number of ketones is 4. The van der Waals surface area contributed by atoms with Crippen molar-refractivity contribution in [1.82, 2.24) is 19.9 Å². The van der Waals surface area contributed by atoms with Gasteiger partial charge in [0.1, 0.15) is 28.3 Å². The second-order valence-electron chi connectivity index (χ2n) is 27.2. The first-order chi connectivity index (χ1) is 49.1. The van der Waals surface area contributed by atoms with Crippen molar-refractivity contribution >= 4 is 80.5 Å². The molecule has 7 heterocycles. The lowest BCUT2D eigenvalue weighted by molar-refractivity contribution is -0.135. The molecule has 15 rings (SSSR count). The van der Waals surface area contributed by atoms with Gasteiger partial charge in [0.05, 0.1) is 76.0 Å². The van der Waals surface area contributed by atoms with Crippen LogP contribution in [0.2, 0.25) is 5.15 Å². The van der Waals surface area contributed by atoms with E-state index < -0.39 is 22.5 Å². The molecule has 22 heteroatoms. The zero-order chi connectivity index (χ0) is 71.3. The van der Waals surface area contributed by atoms with E-state index in [1.165, 1.54) is 66.6 Å². The molecule has 0 amide bonds. The van der Waals surface area contributed by atoms with E-state index in [-0.39, 0.29) is 95.4 Å². The Bertz CT molecular complexity index is 4730. The summed E-state index contributed by atoms with van der Waals surface area (Å²) in [6, 6.07) is 43.5. The molecule has 0 spiro atoms. The normalized spacial score (nSPS) is 16.8. The first-order valence-electron chi connectivity index (χ1n) is 34.0. The lowest BCUT2D eigenvalue weighted by Crippen LogP contribution is -2.41. The Labute approximate surface area is 593 Å². The number of anilines is 2. The van der Waals surface area contributed by atoms with Crippen LogP contribution in [0.3, 0.4) is 0 Å². The van der Waals surface area contributed by atoms with E-state index in [1.54, 1.807) is 67.0 Å². The average Bonchev–Trinajstić information content (AvgIpc) is 1.61. The minimum Gasteiger partial charge on any atom is -0.453 e. The summed E-state index contributed by atoms with van der Waals surface area (Å²) in [6.07, 6.45) is 8.19. The number of carbonyl (C=O) groups excluding carboxylic acids is 4. The van der Waals surface area contributed by atoms with Crippen LogP contribution in [-0.2, 0) is 63.6 Å². The van der Waals surface area contributed by atoms with Gasteiger partial charge in [-0.3, -0.25) is 34.1 Å². The number of aromatic nitrogens is 4. The van der Waals surface area contributed by atoms with Crippen LogP contribution in [0.5, 0.6) is 23.0 Å². The minimum atomic E-state index is -1.05. The van der Waals surface area contributed by atoms with Crippen LogP contribution in [0.15, 0.2) is 183 Å². The molecular formula is C80H74BClF4N6O10. The molecule has 6 aromatic carbocycles. The zero-order valence-corrected chi connectivity index (χ0v) is 57.6. The van der Waals surface area contributed by atoms with Gasteiger partial charge in [0.2, 0.25) is 0 Å². The third-order valence-corrected chi connectivity index (χ3v) is 20.0. The number of hydrogen-bond donors (Lipinski definition) is 0. The van der Waals surface area contributed by atoms with Crippen molar-refractivity contribution in [2.75, 3.05) is 62.4 Å². The van der Waals surface area contributed by atoms with Gasteiger partial charge >= 0.3 is 7.12 Å². The lowest BCUT2D eigenvalue weighted by Gasteiger charge is -2.32. The van der Waals surface area contributed by atoms with Crippen LogP contribution in [0.25, 0.3) is 33.1 Å². The number of ether oxygens (including phenoxy) is 4. The van der Waals surface area contributed by atoms with Crippen LogP contribution in [0, 0.1) is 34.1 Å². The molecule has 522 valence electrons. The fourth-order valence-electron chi connectivity index (χ4n) is 12.7. The van der Waals surface area contributed by atoms with E-state index >= 15 is 4.39 Å². The maximum Gasteiger partial charge on any atom is 0.494 e. The molecule has 2 saturated carbocycles. The van der Waals surface area contributed by atoms with Gasteiger partial charge in [-0.05, 0) is 172 Å². The Morgan fingerprint density at radius 1 is 0.461 bits per heavy atom. The number of pyridine rings is 4. The molecule has 0 atom stereocenters. The first kappa shape index (κ1) is 70.7. The van der Waals surface area contributed by atoms with E-state index in [1.807, 2.05) is 18.2 Å². The Morgan fingerprint density at radius 2 is 0.853 bits per heavy atom. The molecular weight excluding hydrogens is 1330 g/mol. The molecule has 102 heavy (non-hydrogen) atoms. The predicted molar refractivity (Wildman–Crippen MR) is 382 cm³/mol. The fourth-order valence-corrected chi connectivity index (χ4v) is 12.8. The zero-order valence-electron chi connectivity index (χ0n) is 56.9. The third kappa shape index (κ3) is 16.1. The number of fused-ring (bicyclic) bond motifs is 2. The Kier molecular flexibility index (Phi) is 20.8. The summed E-state index contributed by atoms with van der Waals surface area (Å²) in [4.78, 5) is 74.0. The molecule has 4 aromatic heterocycles. The molecule has 0 unspecified atom stereocenters. The minimum absolute atomic E-state index is 0.00000147. The van der Waals surface area contributed by atoms with Gasteiger partial charge in [0.25, 0.3) is 0 Å². The second kappa shape index (κ2) is 30.0. The Balaban J connectivity index is 0.000000146. The summed E-state index contributed by atoms with van der Waals surface area (Å²) in [5.41, 5.74) is 5.94. The summed E-state index contributed by atoms with van der Waals surface area (Å²) in [6.45, 7) is 15.0. The van der Waals surface area contributed by atoms with Crippen molar-refractivity contribution in [1.29, 1.82) is 0 Å². The number of halogens is 5. The maximum atomic E-state index is 15.3. The molecule has 0 N–H and O–H groups in total. The molecule has 5 fully saturated rings. The highest BCUT2D eigenvalue weighted by atomic mass is 35.5. The van der Waals surface area contributed by atoms with Crippen LogP contribution >= 0.6 is 11.6 Å². The van der Waals surface area contributed by atoms with Crippen molar-refractivity contribution in [3.8, 4) is 34.3 Å². The lowest BCUT2D eigenvalue weighted by atomic mass is 9.79. The van der Waals surface area contributed by atoms with Crippen LogP contribution < -0.4 is 24.7 Å². The highest BCUT2D eigenvalue weighted by Gasteiger charge is 2.56. The number of nitrogens with zero attached hydrogens (tertiary/aromatic N) is 6. The van der Waals surface area contributed by atoms with Gasteiger partial charge in [0.15, 0.2) is 46.3 Å². The monoisotopic (exact) mass is 1400 g/mol. The highest BCUT2D eigenvalue weighted by Crippen LogP contribution is 2.50. The summed E-state index contributed by atoms with van der Waals surface area (Å²) in [5, 5.41) is 1.49. The summed E-state index contributed by atoms with van der Waals surface area (Å²) in [7, 11) is -0.284. The molecule has 2 aliphatic carbocycles. The van der Waals surface area contributed by atoms with Gasteiger partial charge in [-0.1, -0.05) is 72.3 Å². The SMILES string of the molecule is CC1(C)OB(c2ccc(N3CCOCC3)cc2)OC1(C)C.O=C(Cc1ccc(F)cc1)C1(C(=O)Cc2ccc(Oc3ccnc4cc(-c5ccc(N6CCOCC6)cc5)ncc34)c(F)c2)CC1.O=C(Cc1ccc(F)cc1)C1(C(=O)Cc2ccc(Oc3ccnc4cc(Cl)ncc34)c(F)c2)CC1. The van der Waals surface area contributed by atoms with Crippen molar-refractivity contribution in [3.63, 3.8) is 0 Å². The van der Waals surface area contributed by atoms with Gasteiger partial charge < -0.3 is 38.1 Å². The van der Waals surface area contributed by atoms with Crippen molar-refractivity contribution in [3.05, 3.63) is 233 Å². The highest BCUT2D eigenvalue weighted by molar-refractivity contribution is 6.62. The second-order valence-corrected chi connectivity index (χ2v) is 27.6. The van der Waals surface area contributed by atoms with E-state index in [9.17, 15) is 32.3 Å². The maximum absolute atomic E-state index is 15.3. The number of benzene rings is 6. The smallest absolute Gasteiger partial charge is 0.453 e. The molecule has 0 bridgehead atoms. The van der Waals surface area contributed by atoms with E-state index in [4.69, 9.17) is 39.9 Å². The largest absolute Gasteiger partial charge is 0.494 e. The van der Waals surface area contributed by atoms with Crippen LogP contribution in [0.1, 0.15) is 75.6 Å². The predicted octanol–water partition coefficient (Wildman–Crippen LogP) is 14.8. The van der Waals surface area contributed by atoms with Crippen LogP contribution in [0.4, 0.5) is 28.9 Å². The van der Waals surface area contributed by atoms with E-state index in [0.29, 0.717) is 81.2 Å². The number of hydrogen-bond acceptors (Lipinski definition) is 16. The van der Waals surface area contributed by atoms with Crippen molar-refractivity contribution < 1.29 is 65.0 Å². The van der Waals surface area contributed by atoms with Crippen LogP contribution in [-0.4, -0.2) is 114 Å². The number of carbonyl (C=O) groups is 4. The van der Waals surface area contributed by atoms with Crippen molar-refractivity contribution in [2.45, 2.75) is 90.3 Å². The molecule has 16 nitrogen and oxygen atoms in total. The van der Waals surface area contributed by atoms with E-state index in [0.717, 1.165) is 75.0 Å². The summed E-state index contributed by atoms with van der Waals surface area (Å²) >= 11 is 5.90. The van der Waals surface area contributed by atoms with E-state index in [2.05, 4.69) is 93.8 Å². The Morgan fingerprint density at radius 3 is 1.27 bits per heavy atom. The quantitative estimate of drug-likeness (QED) is 0.0304. The summed E-state index contributed by atoms with van der Waals surface area (Å²) < 4.78 is 91.2. The van der Waals surface area contributed by atoms with Crippen molar-refractivity contribution in [2.24, 2.45) is 10.8 Å². The van der Waals surface area contributed by atoms with Gasteiger partial charge in [0, 0.05) is 99.7 Å². The topological polar surface area (TPSA) is 182 Å². The van der Waals surface area contributed by atoms with Gasteiger partial charge in [-0.25, -0.2) is 22.5 Å². The average molecular weight is 1400 g/mol. The number of Topliss-reactive ketones (excluding diaryl/α,β-unsaturated/α-hetero) is 4. The fraction of sp³-hybridized carbons (Fsp3) is 0.300. The third-order valence-electron chi connectivity index (χ3n) is 19.8. The van der Waals surface area contributed by atoms with Gasteiger partial charge in [-0.15, -0.1) is 0 Å². The number of rotatable bonds is 20. The Hall–Kier alpha value is -9.77.